The van der Waals surface area contributed by atoms with E-state index >= 15 is 0 Å². The number of hydrogen-bond donors (Lipinski definition) is 4. The van der Waals surface area contributed by atoms with Gasteiger partial charge < -0.3 is 30.8 Å². The van der Waals surface area contributed by atoms with Crippen LogP contribution in [0.5, 0.6) is 5.75 Å². The molecule has 6 heterocycles. The number of hydrogen-bond acceptors (Lipinski definition) is 11. The Labute approximate surface area is 305 Å². The average Bonchev–Trinajstić information content (AvgIpc) is 3.87. The molecule has 3 amide bonds. The largest absolute Gasteiger partial charge is 0.491 e. The van der Waals surface area contributed by atoms with Crippen LogP contribution in [-0.2, 0) is 24.4 Å². The first-order valence-corrected chi connectivity index (χ1v) is 17.8. The quantitative estimate of drug-likeness (QED) is 0.0910. The Balaban J connectivity index is 1.13. The number of morpholine rings is 1. The summed E-state index contributed by atoms with van der Waals surface area (Å²) in [6.07, 6.45) is 8.40. The van der Waals surface area contributed by atoms with Crippen LogP contribution >= 0.6 is 0 Å². The van der Waals surface area contributed by atoms with E-state index in [-0.39, 0.29) is 24.0 Å². The van der Waals surface area contributed by atoms with E-state index in [2.05, 4.69) is 30.6 Å². The van der Waals surface area contributed by atoms with Gasteiger partial charge in [-0.15, -0.1) is 0 Å². The third-order valence-electron chi connectivity index (χ3n) is 9.80. The maximum Gasteiger partial charge on any atom is 0.276 e. The minimum Gasteiger partial charge on any atom is -0.491 e. The zero-order chi connectivity index (χ0) is 37.2. The number of carbonyl (C=O) groups is 3. The van der Waals surface area contributed by atoms with E-state index in [4.69, 9.17) is 25.9 Å². The van der Waals surface area contributed by atoms with Crippen molar-refractivity contribution in [1.82, 2.24) is 38.8 Å². The van der Waals surface area contributed by atoms with Gasteiger partial charge in [-0.05, 0) is 57.4 Å². The Morgan fingerprint density at radius 2 is 1.66 bits per heavy atom. The first-order valence-electron chi connectivity index (χ1n) is 17.8. The molecule has 0 spiro atoms. The van der Waals surface area contributed by atoms with Crippen LogP contribution < -0.4 is 26.8 Å². The van der Waals surface area contributed by atoms with Crippen LogP contribution in [-0.4, -0.2) is 102 Å². The van der Waals surface area contributed by atoms with Gasteiger partial charge in [0.2, 0.25) is 23.7 Å². The fraction of sp³-hybridized carbons (Fsp3) is 0.417. The molecule has 53 heavy (non-hydrogen) atoms. The molecule has 2 unspecified atom stereocenters. The number of anilines is 2. The number of primary amides is 2. The number of ether oxygens (including phenoxy) is 2. The highest BCUT2D eigenvalue weighted by Gasteiger charge is 2.36. The van der Waals surface area contributed by atoms with Gasteiger partial charge in [-0.25, -0.2) is 15.0 Å². The maximum atomic E-state index is 13.4. The van der Waals surface area contributed by atoms with Crippen LogP contribution in [0.15, 0.2) is 42.6 Å². The zero-order valence-corrected chi connectivity index (χ0v) is 30.0. The molecule has 278 valence electrons. The molecule has 1 aromatic carbocycles. The summed E-state index contributed by atoms with van der Waals surface area (Å²) in [4.78, 5) is 53.9. The SMILES string of the molecule is CCn1nc(C)cc1C(=O)Nc1nc2cc(C(N)=O)cnc2n1C/C=C/Cn1c(NC)nc2cc(C(N)=O)cc(OCCCN3C4CCC3COC4)c21. The Morgan fingerprint density at radius 1 is 0.962 bits per heavy atom. The summed E-state index contributed by atoms with van der Waals surface area (Å²) in [7, 11) is 1.78. The number of fused-ring (bicyclic) bond motifs is 4. The molecule has 2 saturated heterocycles. The minimum absolute atomic E-state index is 0.201. The van der Waals surface area contributed by atoms with E-state index in [0.29, 0.717) is 77.1 Å². The van der Waals surface area contributed by atoms with Crippen LogP contribution in [0, 0.1) is 6.92 Å². The molecule has 0 radical (unpaired) electrons. The Morgan fingerprint density at radius 3 is 2.36 bits per heavy atom. The number of nitrogens with two attached hydrogens (primary N) is 2. The topological polar surface area (TPSA) is 215 Å². The molecule has 2 atom stereocenters. The highest BCUT2D eigenvalue weighted by atomic mass is 16.5. The van der Waals surface area contributed by atoms with E-state index in [1.54, 1.807) is 40.6 Å². The van der Waals surface area contributed by atoms with Crippen molar-refractivity contribution in [3.8, 4) is 5.75 Å². The predicted molar refractivity (Wildman–Crippen MR) is 198 cm³/mol. The highest BCUT2D eigenvalue weighted by Crippen LogP contribution is 2.32. The summed E-state index contributed by atoms with van der Waals surface area (Å²) in [5.74, 6) is -0.245. The summed E-state index contributed by atoms with van der Waals surface area (Å²) < 4.78 is 17.4. The first-order chi connectivity index (χ1) is 25.6. The number of nitrogens with zero attached hydrogens (tertiary/aromatic N) is 8. The molecule has 2 fully saturated rings. The van der Waals surface area contributed by atoms with Gasteiger partial charge in [0.1, 0.15) is 22.5 Å². The van der Waals surface area contributed by atoms with Gasteiger partial charge in [-0.3, -0.25) is 33.8 Å². The van der Waals surface area contributed by atoms with Crippen molar-refractivity contribution in [1.29, 1.82) is 0 Å². The van der Waals surface area contributed by atoms with Crippen LogP contribution in [0.2, 0.25) is 0 Å². The minimum atomic E-state index is -0.634. The summed E-state index contributed by atoms with van der Waals surface area (Å²) in [5.41, 5.74) is 15.0. The van der Waals surface area contributed by atoms with E-state index < -0.39 is 11.8 Å². The molecule has 17 heteroatoms. The molecule has 0 saturated carbocycles. The lowest BCUT2D eigenvalue weighted by Gasteiger charge is -2.34. The molecule has 6 N–H and O–H groups in total. The van der Waals surface area contributed by atoms with E-state index in [9.17, 15) is 14.4 Å². The van der Waals surface area contributed by atoms with E-state index in [1.807, 2.05) is 30.6 Å². The molecule has 17 nitrogen and oxygen atoms in total. The molecule has 4 aromatic heterocycles. The van der Waals surface area contributed by atoms with Crippen LogP contribution in [0.3, 0.4) is 0 Å². The van der Waals surface area contributed by atoms with Crippen LogP contribution in [0.25, 0.3) is 22.2 Å². The standard InChI is InChI=1S/C36H44N12O5/c1-4-48-28(14-21(2)44-48)34(51)43-36-42-27-16-23(32(38)50)18-40-33(27)47(36)11-6-5-10-46-30-26(41-35(46)39-3)15-22(31(37)49)17-29(30)53-13-7-12-45-24-8-9-25(45)20-52-19-24/h5-6,14-18,24-25H,4,7-13,19-20H2,1-3H3,(H2,37,49)(H2,38,50)(H,39,41)(H,42,43,51)/b6-5+. The lowest BCUT2D eigenvalue weighted by atomic mass is 10.1. The van der Waals surface area contributed by atoms with Crippen molar-refractivity contribution in [3.05, 3.63) is 65.1 Å². The van der Waals surface area contributed by atoms with Crippen molar-refractivity contribution in [2.24, 2.45) is 11.5 Å². The Hall–Kier alpha value is -5.81. The zero-order valence-electron chi connectivity index (χ0n) is 30.0. The number of benzene rings is 1. The lowest BCUT2D eigenvalue weighted by Crippen LogP contribution is -2.46. The number of aryl methyl sites for hydroxylation is 2. The number of rotatable bonds is 15. The maximum absolute atomic E-state index is 13.4. The monoisotopic (exact) mass is 724 g/mol. The molecule has 2 aliphatic heterocycles. The van der Waals surface area contributed by atoms with Gasteiger partial charge in [0.05, 0.1) is 36.6 Å². The summed E-state index contributed by atoms with van der Waals surface area (Å²) >= 11 is 0. The molecule has 2 aliphatic rings. The van der Waals surface area contributed by atoms with Crippen molar-refractivity contribution in [2.75, 3.05) is 44.0 Å². The summed E-state index contributed by atoms with van der Waals surface area (Å²) in [6, 6.07) is 7.54. The van der Waals surface area contributed by atoms with Gasteiger partial charge in [-0.1, -0.05) is 12.2 Å². The second kappa shape index (κ2) is 15.0. The van der Waals surface area contributed by atoms with Crippen molar-refractivity contribution < 1.29 is 23.9 Å². The second-order valence-electron chi connectivity index (χ2n) is 13.3. The number of amides is 3. The average molecular weight is 725 g/mol. The fourth-order valence-corrected chi connectivity index (χ4v) is 7.27. The number of pyridine rings is 1. The van der Waals surface area contributed by atoms with Gasteiger partial charge >= 0.3 is 0 Å². The Bertz CT molecular complexity index is 2200. The van der Waals surface area contributed by atoms with Crippen LogP contribution in [0.4, 0.5) is 11.9 Å². The third-order valence-corrected chi connectivity index (χ3v) is 9.80. The third kappa shape index (κ3) is 7.17. The van der Waals surface area contributed by atoms with Gasteiger partial charge in [0, 0.05) is 57.1 Å². The lowest BCUT2D eigenvalue weighted by molar-refractivity contribution is -0.0160. The molecular formula is C36H44N12O5. The van der Waals surface area contributed by atoms with Gasteiger partial charge in [0.15, 0.2) is 5.65 Å². The first kappa shape index (κ1) is 35.6. The number of allylic oxidation sites excluding steroid dienone is 2. The second-order valence-corrected chi connectivity index (χ2v) is 13.3. The van der Waals surface area contributed by atoms with Crippen molar-refractivity contribution >= 4 is 51.8 Å². The molecule has 2 bridgehead atoms. The fourth-order valence-electron chi connectivity index (χ4n) is 7.27. The highest BCUT2D eigenvalue weighted by molar-refractivity contribution is 6.03. The van der Waals surface area contributed by atoms with Crippen LogP contribution in [0.1, 0.15) is 63.1 Å². The van der Waals surface area contributed by atoms with Gasteiger partial charge in [0.25, 0.3) is 5.91 Å². The summed E-state index contributed by atoms with van der Waals surface area (Å²) in [5, 5.41) is 10.4. The Kier molecular flexibility index (Phi) is 10.1. The van der Waals surface area contributed by atoms with Crippen molar-refractivity contribution in [3.63, 3.8) is 0 Å². The number of carbonyl (C=O) groups excluding carboxylic acids is 3. The van der Waals surface area contributed by atoms with E-state index in [0.717, 1.165) is 44.5 Å². The summed E-state index contributed by atoms with van der Waals surface area (Å²) in [6.45, 7) is 7.84. The normalized spacial score (nSPS) is 17.3. The van der Waals surface area contributed by atoms with Gasteiger partial charge in [-0.2, -0.15) is 5.10 Å². The number of aromatic nitrogens is 7. The molecule has 5 aromatic rings. The van der Waals surface area contributed by atoms with E-state index in [1.165, 1.54) is 6.20 Å². The van der Waals surface area contributed by atoms with Crippen molar-refractivity contribution in [2.45, 2.75) is 64.8 Å². The molecular weight excluding hydrogens is 680 g/mol. The molecule has 0 aliphatic carbocycles. The number of nitrogens with one attached hydrogen (secondary N) is 2. The number of imidazole rings is 2. The molecule has 7 rings (SSSR count). The smallest absolute Gasteiger partial charge is 0.276 e. The predicted octanol–water partition coefficient (Wildman–Crippen LogP) is 2.69.